The van der Waals surface area contributed by atoms with E-state index in [9.17, 15) is 9.59 Å². The van der Waals surface area contributed by atoms with Crippen LogP contribution in [0.4, 0.5) is 5.69 Å². The van der Waals surface area contributed by atoms with Crippen LogP contribution in [0.3, 0.4) is 0 Å². The molecule has 6 nitrogen and oxygen atoms in total. The molecule has 1 atom stereocenters. The van der Waals surface area contributed by atoms with Gasteiger partial charge < -0.3 is 19.1 Å². The average Bonchev–Trinajstić information content (AvgIpc) is 2.92. The fraction of sp³-hybridized carbons (Fsp3) is 0.304. The number of ketones is 1. The molecule has 0 unspecified atom stereocenters. The van der Waals surface area contributed by atoms with Crippen LogP contribution < -0.4 is 14.4 Å². The highest BCUT2D eigenvalue weighted by Gasteiger charge is 2.38. The number of esters is 1. The maximum absolute atomic E-state index is 12.5. The Kier molecular flexibility index (Phi) is 4.78. The van der Waals surface area contributed by atoms with E-state index in [1.54, 1.807) is 24.3 Å². The topological polar surface area (TPSA) is 65.1 Å². The van der Waals surface area contributed by atoms with Gasteiger partial charge in [0.1, 0.15) is 6.61 Å². The first kappa shape index (κ1) is 19.1. The highest BCUT2D eigenvalue weighted by Crippen LogP contribution is 2.46. The number of likely N-dealkylation sites (N-methyl/N-ethyl adjacent to an activating group) is 1. The van der Waals surface area contributed by atoms with E-state index in [1.165, 1.54) is 0 Å². The Hall–Kier alpha value is -3.28. The Morgan fingerprint density at radius 1 is 1.14 bits per heavy atom. The average molecular weight is 393 g/mol. The van der Waals surface area contributed by atoms with Crippen molar-refractivity contribution in [1.29, 1.82) is 0 Å². The van der Waals surface area contributed by atoms with Gasteiger partial charge in [0.25, 0.3) is 0 Å². The van der Waals surface area contributed by atoms with Crippen molar-refractivity contribution in [2.75, 3.05) is 25.2 Å². The van der Waals surface area contributed by atoms with Crippen molar-refractivity contribution < 1.29 is 23.8 Å². The monoisotopic (exact) mass is 393 g/mol. The highest BCUT2D eigenvalue weighted by atomic mass is 16.6. The smallest absolute Gasteiger partial charge is 0.351 e. The van der Waals surface area contributed by atoms with Crippen LogP contribution in [0.15, 0.2) is 60.3 Å². The zero-order chi connectivity index (χ0) is 20.6. The Morgan fingerprint density at radius 3 is 2.59 bits per heavy atom. The standard InChI is InChI=1S/C23H23NO5/c1-23(2)16-8-4-5-9-17(16)24(3)21(23)12-15(25)13-28-22(26)20-14-27-18-10-6-7-11-19(18)29-20/h4-12,20H,13-14H2,1-3H3/b21-12-/t20-/m1/s1. The molecule has 2 aromatic carbocycles. The van der Waals surface area contributed by atoms with Crippen molar-refractivity contribution in [2.45, 2.75) is 25.4 Å². The first-order valence-corrected chi connectivity index (χ1v) is 9.51. The summed E-state index contributed by atoms with van der Waals surface area (Å²) in [5.41, 5.74) is 2.78. The molecule has 6 heteroatoms. The van der Waals surface area contributed by atoms with E-state index < -0.39 is 12.1 Å². The summed E-state index contributed by atoms with van der Waals surface area (Å²) in [5, 5.41) is 0. The molecule has 2 aliphatic rings. The fourth-order valence-electron chi connectivity index (χ4n) is 3.82. The van der Waals surface area contributed by atoms with Crippen LogP contribution in [-0.4, -0.2) is 38.1 Å². The molecule has 150 valence electrons. The second-order valence-electron chi connectivity index (χ2n) is 7.67. The second kappa shape index (κ2) is 7.28. The van der Waals surface area contributed by atoms with Crippen molar-refractivity contribution in [2.24, 2.45) is 0 Å². The molecule has 2 aliphatic heterocycles. The maximum Gasteiger partial charge on any atom is 0.351 e. The number of rotatable bonds is 4. The molecule has 0 saturated carbocycles. The minimum absolute atomic E-state index is 0.0518. The molecule has 0 amide bonds. The minimum Gasteiger partial charge on any atom is -0.485 e. The number of carbonyl (C=O) groups excluding carboxylic acids is 2. The lowest BCUT2D eigenvalue weighted by molar-refractivity contribution is -0.156. The zero-order valence-corrected chi connectivity index (χ0v) is 16.7. The van der Waals surface area contributed by atoms with E-state index in [-0.39, 0.29) is 24.4 Å². The number of hydrogen-bond acceptors (Lipinski definition) is 6. The molecule has 4 rings (SSSR count). The van der Waals surface area contributed by atoms with Crippen molar-refractivity contribution in [3.05, 3.63) is 65.9 Å². The Balaban J connectivity index is 1.40. The van der Waals surface area contributed by atoms with Crippen LogP contribution in [0.2, 0.25) is 0 Å². The Bertz CT molecular complexity index is 994. The van der Waals surface area contributed by atoms with Crippen molar-refractivity contribution in [1.82, 2.24) is 0 Å². The number of anilines is 1. The summed E-state index contributed by atoms with van der Waals surface area (Å²) in [4.78, 5) is 26.8. The first-order valence-electron chi connectivity index (χ1n) is 9.51. The number of fused-ring (bicyclic) bond motifs is 2. The first-order chi connectivity index (χ1) is 13.9. The minimum atomic E-state index is -0.889. The molecular weight excluding hydrogens is 370 g/mol. The second-order valence-corrected chi connectivity index (χ2v) is 7.67. The molecule has 0 saturated heterocycles. The molecule has 0 spiro atoms. The quantitative estimate of drug-likeness (QED) is 0.587. The van der Waals surface area contributed by atoms with Gasteiger partial charge >= 0.3 is 5.97 Å². The fourth-order valence-corrected chi connectivity index (χ4v) is 3.82. The van der Waals surface area contributed by atoms with E-state index in [0.717, 1.165) is 16.9 Å². The number of ether oxygens (including phenoxy) is 3. The number of nitrogens with zero attached hydrogens (tertiary/aromatic N) is 1. The molecule has 2 heterocycles. The van der Waals surface area contributed by atoms with Gasteiger partial charge in [-0.25, -0.2) is 4.79 Å². The molecule has 0 fully saturated rings. The van der Waals surface area contributed by atoms with Gasteiger partial charge in [0.15, 0.2) is 23.9 Å². The normalized spacial score (nSPS) is 20.3. The van der Waals surface area contributed by atoms with Gasteiger partial charge in [-0.3, -0.25) is 4.79 Å². The lowest BCUT2D eigenvalue weighted by atomic mass is 9.83. The van der Waals surface area contributed by atoms with Crippen LogP contribution in [0.5, 0.6) is 11.5 Å². The van der Waals surface area contributed by atoms with Gasteiger partial charge in [-0.2, -0.15) is 0 Å². The molecule has 29 heavy (non-hydrogen) atoms. The summed E-state index contributed by atoms with van der Waals surface area (Å²) in [6, 6.07) is 15.2. The number of benzene rings is 2. The predicted molar refractivity (Wildman–Crippen MR) is 108 cm³/mol. The van der Waals surface area contributed by atoms with E-state index in [0.29, 0.717) is 11.5 Å². The maximum atomic E-state index is 12.5. The number of para-hydroxylation sites is 3. The van der Waals surface area contributed by atoms with Gasteiger partial charge in [-0.05, 0) is 23.8 Å². The molecule has 0 bridgehead atoms. The largest absolute Gasteiger partial charge is 0.485 e. The van der Waals surface area contributed by atoms with E-state index >= 15 is 0 Å². The SMILES string of the molecule is CN1/C(=C\C(=O)COC(=O)[C@H]2COc3ccccc3O2)C(C)(C)c2ccccc21. The van der Waals surface area contributed by atoms with Crippen LogP contribution in [-0.2, 0) is 19.7 Å². The summed E-state index contributed by atoms with van der Waals surface area (Å²) in [5.74, 6) is 0.177. The van der Waals surface area contributed by atoms with Crippen molar-refractivity contribution in [3.8, 4) is 11.5 Å². The summed E-state index contributed by atoms with van der Waals surface area (Å²) >= 11 is 0. The van der Waals surface area contributed by atoms with Crippen LogP contribution >= 0.6 is 0 Å². The summed E-state index contributed by atoms with van der Waals surface area (Å²) in [6.45, 7) is 3.86. The zero-order valence-electron chi connectivity index (χ0n) is 16.7. The third-order valence-electron chi connectivity index (χ3n) is 5.37. The van der Waals surface area contributed by atoms with E-state index in [2.05, 4.69) is 19.9 Å². The molecular formula is C23H23NO5. The van der Waals surface area contributed by atoms with Gasteiger partial charge in [-0.15, -0.1) is 0 Å². The lowest BCUT2D eigenvalue weighted by Gasteiger charge is -2.25. The molecule has 2 aromatic rings. The van der Waals surface area contributed by atoms with Crippen molar-refractivity contribution >= 4 is 17.4 Å². The third kappa shape index (κ3) is 3.46. The van der Waals surface area contributed by atoms with Crippen LogP contribution in [0.1, 0.15) is 19.4 Å². The number of hydrogen-bond donors (Lipinski definition) is 0. The third-order valence-corrected chi connectivity index (χ3v) is 5.37. The van der Waals surface area contributed by atoms with Gasteiger partial charge in [0.2, 0.25) is 6.10 Å². The van der Waals surface area contributed by atoms with Gasteiger partial charge in [0.05, 0.1) is 0 Å². The molecule has 0 N–H and O–H groups in total. The summed E-state index contributed by atoms with van der Waals surface area (Å²) in [6.07, 6.45) is 0.668. The van der Waals surface area contributed by atoms with Gasteiger partial charge in [-0.1, -0.05) is 44.2 Å². The van der Waals surface area contributed by atoms with Crippen LogP contribution in [0.25, 0.3) is 0 Å². The predicted octanol–water partition coefficient (Wildman–Crippen LogP) is 3.25. The molecule has 0 radical (unpaired) electrons. The number of allylic oxidation sites excluding steroid dienone is 1. The Labute approximate surface area is 169 Å². The summed E-state index contributed by atoms with van der Waals surface area (Å²) < 4.78 is 16.3. The number of carbonyl (C=O) groups is 2. The molecule has 0 aliphatic carbocycles. The molecule has 0 aromatic heterocycles. The lowest BCUT2D eigenvalue weighted by Crippen LogP contribution is -2.38. The Morgan fingerprint density at radius 2 is 1.83 bits per heavy atom. The van der Waals surface area contributed by atoms with Crippen molar-refractivity contribution in [3.63, 3.8) is 0 Å². The summed E-state index contributed by atoms with van der Waals surface area (Å²) in [7, 11) is 1.93. The highest BCUT2D eigenvalue weighted by molar-refractivity contribution is 5.94. The van der Waals surface area contributed by atoms with E-state index in [1.807, 2.05) is 36.2 Å². The van der Waals surface area contributed by atoms with E-state index in [4.69, 9.17) is 14.2 Å². The van der Waals surface area contributed by atoms with Gasteiger partial charge in [0, 0.05) is 29.9 Å². The van der Waals surface area contributed by atoms with Crippen LogP contribution in [0, 0.1) is 0 Å².